The molecule has 0 saturated carbocycles. The van der Waals surface area contributed by atoms with Crippen LogP contribution in [0.2, 0.25) is 0 Å². The number of fused-ring (bicyclic) bond motifs is 1. The monoisotopic (exact) mass is 229 g/mol. The molecule has 84 valence electrons. The molecule has 0 bridgehead atoms. The van der Waals surface area contributed by atoms with E-state index < -0.39 is 0 Å². The standard InChI is InChI=1S/C11H15NO2.ClH/c1-13-10-6-8-4-3-5-12-9(8)7-11(10)14-2;/h6-7,12H,3-5H2,1-2H3;1H. The molecule has 0 atom stereocenters. The van der Waals surface area contributed by atoms with Crippen LogP contribution in [0.4, 0.5) is 5.69 Å². The van der Waals surface area contributed by atoms with Crippen LogP contribution >= 0.6 is 12.4 Å². The Morgan fingerprint density at radius 1 is 1.13 bits per heavy atom. The fourth-order valence-electron chi connectivity index (χ4n) is 1.79. The molecule has 0 amide bonds. The fraction of sp³-hybridized carbons (Fsp3) is 0.455. The van der Waals surface area contributed by atoms with E-state index in [4.69, 9.17) is 9.47 Å². The molecule has 0 aliphatic carbocycles. The first-order valence-corrected chi connectivity index (χ1v) is 4.84. The first-order valence-electron chi connectivity index (χ1n) is 4.84. The van der Waals surface area contributed by atoms with Crippen molar-refractivity contribution in [1.29, 1.82) is 0 Å². The largest absolute Gasteiger partial charge is 0.493 e. The van der Waals surface area contributed by atoms with Gasteiger partial charge in [0.15, 0.2) is 11.5 Å². The topological polar surface area (TPSA) is 30.5 Å². The van der Waals surface area contributed by atoms with Crippen molar-refractivity contribution in [3.63, 3.8) is 0 Å². The van der Waals surface area contributed by atoms with Gasteiger partial charge in [0, 0.05) is 18.3 Å². The quantitative estimate of drug-likeness (QED) is 0.845. The van der Waals surface area contributed by atoms with Crippen LogP contribution in [0.25, 0.3) is 0 Å². The van der Waals surface area contributed by atoms with Gasteiger partial charge in [0.1, 0.15) is 0 Å². The lowest BCUT2D eigenvalue weighted by molar-refractivity contribution is 0.354. The van der Waals surface area contributed by atoms with Crippen molar-refractivity contribution in [3.05, 3.63) is 17.7 Å². The van der Waals surface area contributed by atoms with Crippen molar-refractivity contribution >= 4 is 18.1 Å². The minimum Gasteiger partial charge on any atom is -0.493 e. The highest BCUT2D eigenvalue weighted by atomic mass is 35.5. The van der Waals surface area contributed by atoms with Crippen molar-refractivity contribution in [1.82, 2.24) is 0 Å². The zero-order valence-corrected chi connectivity index (χ0v) is 9.82. The van der Waals surface area contributed by atoms with Crippen molar-refractivity contribution in [3.8, 4) is 11.5 Å². The molecule has 0 aromatic heterocycles. The Morgan fingerprint density at radius 2 is 1.80 bits per heavy atom. The number of rotatable bonds is 2. The summed E-state index contributed by atoms with van der Waals surface area (Å²) in [6, 6.07) is 4.06. The highest BCUT2D eigenvalue weighted by molar-refractivity contribution is 5.85. The number of ether oxygens (including phenoxy) is 2. The molecule has 1 aromatic rings. The van der Waals surface area contributed by atoms with Gasteiger partial charge in [0.25, 0.3) is 0 Å². The molecular weight excluding hydrogens is 214 g/mol. The summed E-state index contributed by atoms with van der Waals surface area (Å²) in [6.45, 7) is 1.04. The van der Waals surface area contributed by atoms with Gasteiger partial charge in [-0.3, -0.25) is 0 Å². The van der Waals surface area contributed by atoms with Gasteiger partial charge >= 0.3 is 0 Å². The molecule has 0 saturated heterocycles. The van der Waals surface area contributed by atoms with Gasteiger partial charge in [0.2, 0.25) is 0 Å². The second-order valence-electron chi connectivity index (χ2n) is 3.39. The average Bonchev–Trinajstić information content (AvgIpc) is 2.27. The van der Waals surface area contributed by atoms with Crippen LogP contribution in [0.3, 0.4) is 0 Å². The molecule has 0 unspecified atom stereocenters. The van der Waals surface area contributed by atoms with Gasteiger partial charge in [-0.2, -0.15) is 0 Å². The third-order valence-corrected chi connectivity index (χ3v) is 2.55. The normalized spacial score (nSPS) is 13.2. The van der Waals surface area contributed by atoms with Crippen molar-refractivity contribution < 1.29 is 9.47 Å². The predicted octanol–water partition coefficient (Wildman–Crippen LogP) is 2.48. The maximum atomic E-state index is 5.25. The molecule has 0 radical (unpaired) electrons. The molecule has 1 aliphatic rings. The minimum atomic E-state index is 0. The average molecular weight is 230 g/mol. The van der Waals surface area contributed by atoms with Gasteiger partial charge in [-0.05, 0) is 24.5 Å². The highest BCUT2D eigenvalue weighted by Crippen LogP contribution is 2.35. The van der Waals surface area contributed by atoms with E-state index in [1.807, 2.05) is 6.07 Å². The zero-order chi connectivity index (χ0) is 9.97. The van der Waals surface area contributed by atoms with Crippen LogP contribution in [-0.4, -0.2) is 20.8 Å². The van der Waals surface area contributed by atoms with Crippen molar-refractivity contribution in [2.75, 3.05) is 26.1 Å². The van der Waals surface area contributed by atoms with E-state index in [9.17, 15) is 0 Å². The summed E-state index contributed by atoms with van der Waals surface area (Å²) in [4.78, 5) is 0. The smallest absolute Gasteiger partial charge is 0.162 e. The molecule has 1 heterocycles. The van der Waals surface area contributed by atoms with Crippen LogP contribution in [0.1, 0.15) is 12.0 Å². The number of hydrogen-bond acceptors (Lipinski definition) is 3. The molecule has 3 nitrogen and oxygen atoms in total. The third-order valence-electron chi connectivity index (χ3n) is 2.55. The molecule has 1 aliphatic heterocycles. The van der Waals surface area contributed by atoms with Gasteiger partial charge in [-0.1, -0.05) is 0 Å². The number of methoxy groups -OCH3 is 2. The lowest BCUT2D eigenvalue weighted by Crippen LogP contribution is -2.11. The fourth-order valence-corrected chi connectivity index (χ4v) is 1.79. The van der Waals surface area contributed by atoms with E-state index >= 15 is 0 Å². The van der Waals surface area contributed by atoms with E-state index in [0.717, 1.165) is 24.5 Å². The molecule has 1 N–H and O–H groups in total. The Bertz CT molecular complexity index is 297. The van der Waals surface area contributed by atoms with E-state index in [0.29, 0.717) is 0 Å². The number of halogens is 1. The van der Waals surface area contributed by atoms with Gasteiger partial charge in [0.05, 0.1) is 14.2 Å². The minimum absolute atomic E-state index is 0. The number of aryl methyl sites for hydroxylation is 1. The van der Waals surface area contributed by atoms with Crippen LogP contribution in [0.15, 0.2) is 12.1 Å². The first-order chi connectivity index (χ1) is 6.85. The lowest BCUT2D eigenvalue weighted by atomic mass is 10.0. The van der Waals surface area contributed by atoms with Gasteiger partial charge in [-0.15, -0.1) is 12.4 Å². The number of anilines is 1. The van der Waals surface area contributed by atoms with Gasteiger partial charge in [-0.25, -0.2) is 0 Å². The summed E-state index contributed by atoms with van der Waals surface area (Å²) in [5.41, 5.74) is 2.49. The Morgan fingerprint density at radius 3 is 2.47 bits per heavy atom. The zero-order valence-electron chi connectivity index (χ0n) is 9.00. The Balaban J connectivity index is 0.00000112. The van der Waals surface area contributed by atoms with E-state index in [1.165, 1.54) is 17.7 Å². The summed E-state index contributed by atoms with van der Waals surface area (Å²) in [5, 5.41) is 3.35. The highest BCUT2D eigenvalue weighted by Gasteiger charge is 2.13. The molecule has 4 heteroatoms. The van der Waals surface area contributed by atoms with E-state index in [1.54, 1.807) is 14.2 Å². The summed E-state index contributed by atoms with van der Waals surface area (Å²) in [6.07, 6.45) is 2.30. The number of hydrogen-bond donors (Lipinski definition) is 1. The maximum Gasteiger partial charge on any atom is 0.162 e. The summed E-state index contributed by atoms with van der Waals surface area (Å²) in [7, 11) is 3.33. The molecule has 2 rings (SSSR count). The van der Waals surface area contributed by atoms with Crippen LogP contribution in [0.5, 0.6) is 11.5 Å². The van der Waals surface area contributed by atoms with Crippen molar-refractivity contribution in [2.45, 2.75) is 12.8 Å². The van der Waals surface area contributed by atoms with Gasteiger partial charge < -0.3 is 14.8 Å². The third kappa shape index (κ3) is 2.29. The Labute approximate surface area is 96.2 Å². The molecule has 1 aromatic carbocycles. The molecule has 15 heavy (non-hydrogen) atoms. The second kappa shape index (κ2) is 5.12. The summed E-state index contributed by atoms with van der Waals surface area (Å²) in [5.74, 6) is 1.61. The second-order valence-corrected chi connectivity index (χ2v) is 3.39. The SMILES string of the molecule is COc1cc2c(cc1OC)NCCC2.Cl. The maximum absolute atomic E-state index is 5.25. The molecule has 0 fully saturated rings. The van der Waals surface area contributed by atoms with Crippen LogP contribution in [0, 0.1) is 0 Å². The van der Waals surface area contributed by atoms with E-state index in [2.05, 4.69) is 11.4 Å². The number of benzene rings is 1. The van der Waals surface area contributed by atoms with Crippen LogP contribution in [-0.2, 0) is 6.42 Å². The Hall–Kier alpha value is -1.09. The molecular formula is C11H16ClNO2. The van der Waals surface area contributed by atoms with E-state index in [-0.39, 0.29) is 12.4 Å². The first kappa shape index (κ1) is 12.0. The predicted molar refractivity (Wildman–Crippen MR) is 63.6 cm³/mol. The summed E-state index contributed by atoms with van der Waals surface area (Å²) >= 11 is 0. The van der Waals surface area contributed by atoms with Crippen molar-refractivity contribution in [2.24, 2.45) is 0 Å². The number of nitrogens with one attached hydrogen (secondary N) is 1. The molecule has 0 spiro atoms. The lowest BCUT2D eigenvalue weighted by Gasteiger charge is -2.20. The Kier molecular flexibility index (Phi) is 4.09. The van der Waals surface area contributed by atoms with Crippen LogP contribution < -0.4 is 14.8 Å². The summed E-state index contributed by atoms with van der Waals surface area (Å²) < 4.78 is 10.5.